The number of allylic oxidation sites excluding steroid dienone is 3. The minimum atomic E-state index is -3.72. The van der Waals surface area contributed by atoms with Crippen LogP contribution in [0.1, 0.15) is 81.6 Å². The molecule has 3 aliphatic rings. The van der Waals surface area contributed by atoms with Gasteiger partial charge in [-0.1, -0.05) is 48.3 Å². The van der Waals surface area contributed by atoms with Crippen molar-refractivity contribution in [1.29, 1.82) is 0 Å². The van der Waals surface area contributed by atoms with Gasteiger partial charge < -0.3 is 19.7 Å². The predicted molar refractivity (Wildman–Crippen MR) is 196 cm³/mol. The number of amides is 2. The van der Waals surface area contributed by atoms with E-state index in [1.165, 1.54) is 38.5 Å². The van der Waals surface area contributed by atoms with E-state index >= 15 is 9.18 Å². The molecule has 1 N–H and O–H groups in total. The number of halogens is 3. The first-order valence-corrected chi connectivity index (χ1v) is 19.4. The molecule has 1 heterocycles. The molecule has 0 radical (unpaired) electrons. The average Bonchev–Trinajstić information content (AvgIpc) is 3.91. The number of anilines is 1. The molecule has 5 atom stereocenters. The highest BCUT2D eigenvalue weighted by molar-refractivity contribution is 7.92. The first kappa shape index (κ1) is 38.8. The molecule has 51 heavy (non-hydrogen) atoms. The van der Waals surface area contributed by atoms with Gasteiger partial charge in [-0.2, -0.15) is 0 Å². The van der Waals surface area contributed by atoms with Gasteiger partial charge in [0.15, 0.2) is 9.84 Å². The number of sulfone groups is 1. The van der Waals surface area contributed by atoms with Gasteiger partial charge in [-0.25, -0.2) is 17.6 Å². The quantitative estimate of drug-likeness (QED) is 0.232. The van der Waals surface area contributed by atoms with E-state index in [1.54, 1.807) is 50.8 Å². The van der Waals surface area contributed by atoms with Crippen molar-refractivity contribution in [3.63, 3.8) is 0 Å². The number of ether oxygens (including phenoxy) is 2. The fourth-order valence-electron chi connectivity index (χ4n) is 7.33. The van der Waals surface area contributed by atoms with Crippen LogP contribution in [0.2, 0.25) is 5.02 Å². The number of methoxy groups -OCH3 is 2. The molecule has 0 bridgehead atoms. The van der Waals surface area contributed by atoms with E-state index in [0.29, 0.717) is 17.1 Å². The Kier molecular flexibility index (Phi) is 11.3. The lowest BCUT2D eigenvalue weighted by atomic mass is 9.65. The van der Waals surface area contributed by atoms with E-state index in [2.05, 4.69) is 5.32 Å². The van der Waals surface area contributed by atoms with Crippen molar-refractivity contribution >= 4 is 56.5 Å². The first-order valence-electron chi connectivity index (χ1n) is 17.0. The number of nitrogens with one attached hydrogen (secondary N) is 1. The Hall–Kier alpha value is -3.41. The van der Waals surface area contributed by atoms with Crippen LogP contribution < -0.4 is 10.1 Å². The number of piperidine rings is 1. The van der Waals surface area contributed by atoms with Crippen molar-refractivity contribution < 1.29 is 36.7 Å². The third-order valence-corrected chi connectivity index (χ3v) is 13.5. The zero-order valence-corrected chi connectivity index (χ0v) is 32.0. The van der Waals surface area contributed by atoms with Crippen molar-refractivity contribution in [2.45, 2.75) is 82.5 Å². The summed E-state index contributed by atoms with van der Waals surface area (Å²) in [5.41, 5.74) is 0.0183. The maximum atomic E-state index is 15.2. The molecular weight excluding hydrogens is 718 g/mol. The Morgan fingerprint density at radius 2 is 1.82 bits per heavy atom. The summed E-state index contributed by atoms with van der Waals surface area (Å²) >= 11 is 12.7. The SMILES string of the molecule is COC(=O)c1ccc(NC(=O)C[C@@]2(C)C[C@H](c3cccc(Cl)c3)[C@@H](C3C=C(F)C(Cl)=CC3)N([C@H](CS(=O)(=O)C(C)(C)C)C3CC3)C2=O)cc1OC. The summed E-state index contributed by atoms with van der Waals surface area (Å²) < 4.78 is 52.0. The van der Waals surface area contributed by atoms with E-state index in [-0.39, 0.29) is 46.8 Å². The molecule has 1 saturated carbocycles. The number of hydrogen-bond donors (Lipinski definition) is 1. The predicted octanol–water partition coefficient (Wildman–Crippen LogP) is 7.84. The molecule has 2 amide bonds. The Morgan fingerprint density at radius 3 is 2.41 bits per heavy atom. The van der Waals surface area contributed by atoms with Crippen molar-refractivity contribution in [2.24, 2.45) is 17.3 Å². The number of esters is 1. The average molecular weight is 764 g/mol. The van der Waals surface area contributed by atoms with Gasteiger partial charge in [-0.05, 0) is 88.3 Å². The van der Waals surface area contributed by atoms with Gasteiger partial charge in [-0.3, -0.25) is 9.59 Å². The van der Waals surface area contributed by atoms with Gasteiger partial charge >= 0.3 is 5.97 Å². The first-order chi connectivity index (χ1) is 23.9. The smallest absolute Gasteiger partial charge is 0.341 e. The summed E-state index contributed by atoms with van der Waals surface area (Å²) in [6, 6.07) is 10.4. The van der Waals surface area contributed by atoms with Crippen molar-refractivity contribution in [2.75, 3.05) is 25.3 Å². The molecule has 13 heteroatoms. The van der Waals surface area contributed by atoms with Crippen LogP contribution in [0.15, 0.2) is 65.5 Å². The van der Waals surface area contributed by atoms with Crippen molar-refractivity contribution in [3.05, 3.63) is 81.6 Å². The fourth-order valence-corrected chi connectivity index (χ4v) is 9.06. The van der Waals surface area contributed by atoms with Gasteiger partial charge in [0.25, 0.3) is 0 Å². The molecule has 276 valence electrons. The lowest BCUT2D eigenvalue weighted by Crippen LogP contribution is -2.63. The number of rotatable bonds is 11. The Labute approximate surface area is 309 Å². The van der Waals surface area contributed by atoms with Crippen molar-refractivity contribution in [1.82, 2.24) is 4.90 Å². The molecule has 1 aliphatic heterocycles. The summed E-state index contributed by atoms with van der Waals surface area (Å²) in [4.78, 5) is 42.8. The van der Waals surface area contributed by atoms with Crippen LogP contribution in [0.3, 0.4) is 0 Å². The topological polar surface area (TPSA) is 119 Å². The Morgan fingerprint density at radius 1 is 1.12 bits per heavy atom. The molecule has 0 spiro atoms. The zero-order valence-electron chi connectivity index (χ0n) is 29.7. The minimum absolute atomic E-state index is 0.00828. The molecule has 0 aromatic heterocycles. The van der Waals surface area contributed by atoms with E-state index in [9.17, 15) is 18.0 Å². The van der Waals surface area contributed by atoms with Gasteiger partial charge in [-0.15, -0.1) is 0 Å². The third-order valence-electron chi connectivity index (χ3n) is 10.3. The van der Waals surface area contributed by atoms with Gasteiger partial charge in [0, 0.05) is 47.1 Å². The summed E-state index contributed by atoms with van der Waals surface area (Å²) in [7, 11) is -1.07. The maximum Gasteiger partial charge on any atom is 0.341 e. The second-order valence-corrected chi connectivity index (χ2v) is 18.7. The molecule has 2 aromatic carbocycles. The van der Waals surface area contributed by atoms with Crippen molar-refractivity contribution in [3.8, 4) is 5.75 Å². The minimum Gasteiger partial charge on any atom is -0.496 e. The van der Waals surface area contributed by atoms with E-state index < -0.39 is 61.6 Å². The molecule has 2 fully saturated rings. The number of carbonyl (C=O) groups is 3. The number of carbonyl (C=O) groups excluding carboxylic acids is 3. The van der Waals surface area contributed by atoms with Crippen LogP contribution in [-0.4, -0.2) is 67.9 Å². The summed E-state index contributed by atoms with van der Waals surface area (Å²) in [5, 5.41) is 3.30. The standard InChI is InChI=1S/C38H45Cl2FN2O7S/c1-37(2,3)51(47,48)21-31(22-10-11-22)43-34(24-12-15-29(40)30(41)17-24)28(23-8-7-9-25(39)16-23)19-38(4,36(43)46)20-33(44)42-26-13-14-27(35(45)50-6)32(18-26)49-5/h7-9,13-18,22,24,28,31,34H,10-12,19-21H2,1-6H3,(H,42,44)/t24?,28-,31-,34-,38-/m1/s1. The maximum absolute atomic E-state index is 15.2. The summed E-state index contributed by atoms with van der Waals surface area (Å²) in [6.07, 6.45) is 4.82. The number of benzene rings is 2. The summed E-state index contributed by atoms with van der Waals surface area (Å²) in [5.74, 6) is -3.16. The van der Waals surface area contributed by atoms with E-state index in [0.717, 1.165) is 18.4 Å². The Bertz CT molecular complexity index is 1870. The van der Waals surface area contributed by atoms with E-state index in [1.807, 2.05) is 12.1 Å². The van der Waals surface area contributed by atoms with Crippen LogP contribution in [0.25, 0.3) is 0 Å². The molecule has 1 saturated heterocycles. The van der Waals surface area contributed by atoms with Crippen LogP contribution in [-0.2, 0) is 24.2 Å². The number of nitrogens with zero attached hydrogens (tertiary/aromatic N) is 1. The summed E-state index contributed by atoms with van der Waals surface area (Å²) in [6.45, 7) is 6.66. The highest BCUT2D eigenvalue weighted by Crippen LogP contribution is 2.52. The lowest BCUT2D eigenvalue weighted by Gasteiger charge is -2.54. The molecular formula is C38H45Cl2FN2O7S. The largest absolute Gasteiger partial charge is 0.496 e. The number of hydrogen-bond acceptors (Lipinski definition) is 7. The van der Waals surface area contributed by atoms with Gasteiger partial charge in [0.1, 0.15) is 17.1 Å². The molecule has 2 aliphatic carbocycles. The van der Waals surface area contributed by atoms with Crippen LogP contribution >= 0.6 is 23.2 Å². The van der Waals surface area contributed by atoms with Crippen LogP contribution in [0.4, 0.5) is 10.1 Å². The molecule has 1 unspecified atom stereocenters. The highest BCUT2D eigenvalue weighted by Gasteiger charge is 2.56. The van der Waals surface area contributed by atoms with Gasteiger partial charge in [0.2, 0.25) is 11.8 Å². The van der Waals surface area contributed by atoms with Crippen LogP contribution in [0.5, 0.6) is 5.75 Å². The van der Waals surface area contributed by atoms with Crippen LogP contribution in [0, 0.1) is 17.3 Å². The number of likely N-dealkylation sites (tertiary alicyclic amines) is 1. The third kappa shape index (κ3) is 8.31. The molecule has 5 rings (SSSR count). The monoisotopic (exact) mass is 762 g/mol. The van der Waals surface area contributed by atoms with Gasteiger partial charge in [0.05, 0.1) is 35.2 Å². The normalized spacial score (nSPS) is 24.7. The fraction of sp³-hybridized carbons (Fsp3) is 0.500. The molecule has 2 aromatic rings. The Balaban J connectivity index is 1.60. The highest BCUT2D eigenvalue weighted by atomic mass is 35.5. The second kappa shape index (κ2) is 14.9. The van der Waals surface area contributed by atoms with E-state index in [4.69, 9.17) is 32.7 Å². The molecule has 9 nitrogen and oxygen atoms in total. The zero-order chi connectivity index (χ0) is 37.5. The lowest BCUT2D eigenvalue weighted by molar-refractivity contribution is -0.158. The second-order valence-electron chi connectivity index (χ2n) is 15.0.